The molecule has 0 saturated heterocycles. The van der Waals surface area contributed by atoms with Crippen molar-refractivity contribution in [2.75, 3.05) is 27.2 Å². The molecule has 108 valence electrons. The summed E-state index contributed by atoms with van der Waals surface area (Å²) in [5, 5.41) is 3.29. The predicted molar refractivity (Wildman–Crippen MR) is 79.7 cm³/mol. The van der Waals surface area contributed by atoms with Crippen LogP contribution in [0.1, 0.15) is 32.3 Å². The van der Waals surface area contributed by atoms with E-state index in [0.29, 0.717) is 0 Å². The summed E-state index contributed by atoms with van der Waals surface area (Å²) in [6.45, 7) is 7.49. The highest BCUT2D eigenvalue weighted by molar-refractivity contribution is 5.15. The van der Waals surface area contributed by atoms with Crippen molar-refractivity contribution >= 4 is 0 Å². The van der Waals surface area contributed by atoms with Crippen LogP contribution in [0.4, 0.5) is 4.39 Å². The molecule has 1 atom stereocenters. The molecule has 1 N–H and O–H groups in total. The quantitative estimate of drug-likeness (QED) is 0.777. The summed E-state index contributed by atoms with van der Waals surface area (Å²) in [7, 11) is 4.14. The summed E-state index contributed by atoms with van der Waals surface area (Å²) in [5.41, 5.74) is 1.45. The molecule has 19 heavy (non-hydrogen) atoms. The molecule has 3 heteroatoms. The lowest BCUT2D eigenvalue weighted by Gasteiger charge is -2.33. The van der Waals surface area contributed by atoms with Crippen LogP contribution in [0.15, 0.2) is 24.3 Å². The van der Waals surface area contributed by atoms with Crippen molar-refractivity contribution < 1.29 is 4.39 Å². The van der Waals surface area contributed by atoms with E-state index in [0.717, 1.165) is 25.2 Å². The summed E-state index contributed by atoms with van der Waals surface area (Å²) >= 11 is 0. The van der Waals surface area contributed by atoms with Gasteiger partial charge in [-0.3, -0.25) is 0 Å². The normalized spacial score (nSPS) is 14.6. The van der Waals surface area contributed by atoms with Crippen LogP contribution in [0.25, 0.3) is 0 Å². The number of nitrogens with one attached hydrogen (secondary N) is 1. The van der Waals surface area contributed by atoms with Gasteiger partial charge >= 0.3 is 0 Å². The average molecular weight is 266 g/mol. The van der Waals surface area contributed by atoms with Crippen molar-refractivity contribution in [2.45, 2.75) is 33.2 Å². The Hall–Kier alpha value is -0.930. The maximum absolute atomic E-state index is 12.9. The lowest BCUT2D eigenvalue weighted by molar-refractivity contribution is 0.171. The van der Waals surface area contributed by atoms with E-state index in [1.54, 1.807) is 0 Å². The highest BCUT2D eigenvalue weighted by Gasteiger charge is 2.24. The third-order valence-corrected chi connectivity index (χ3v) is 3.47. The summed E-state index contributed by atoms with van der Waals surface area (Å²) in [6, 6.07) is 6.78. The van der Waals surface area contributed by atoms with E-state index in [4.69, 9.17) is 0 Å². The Morgan fingerprint density at radius 1 is 1.26 bits per heavy atom. The van der Waals surface area contributed by atoms with E-state index in [-0.39, 0.29) is 11.2 Å². The zero-order chi connectivity index (χ0) is 14.3. The van der Waals surface area contributed by atoms with Gasteiger partial charge in [-0.1, -0.05) is 32.4 Å². The fourth-order valence-electron chi connectivity index (χ4n) is 2.86. The minimum atomic E-state index is -0.169. The van der Waals surface area contributed by atoms with Gasteiger partial charge in [0.05, 0.1) is 0 Å². The Labute approximate surface area is 117 Å². The standard InChI is InChI=1S/C16H27FN2/c1-5-10-16(2,12-18-3)13-19(4)11-14-6-8-15(17)9-7-14/h6-9,18H,5,10-13H2,1-4H3. The third-order valence-electron chi connectivity index (χ3n) is 3.47. The van der Waals surface area contributed by atoms with Crippen LogP contribution in [0, 0.1) is 11.2 Å². The molecule has 1 aromatic rings. The van der Waals surface area contributed by atoms with E-state index >= 15 is 0 Å². The molecule has 0 aromatic heterocycles. The average Bonchev–Trinajstić information content (AvgIpc) is 2.32. The number of benzene rings is 1. The van der Waals surface area contributed by atoms with Crippen LogP contribution in [0.2, 0.25) is 0 Å². The zero-order valence-corrected chi connectivity index (χ0v) is 12.7. The first kappa shape index (κ1) is 16.1. The van der Waals surface area contributed by atoms with Crippen LogP contribution in [0.3, 0.4) is 0 Å². The molecule has 2 nitrogen and oxygen atoms in total. The maximum Gasteiger partial charge on any atom is 0.123 e. The Bertz CT molecular complexity index is 356. The molecule has 0 saturated carbocycles. The Morgan fingerprint density at radius 2 is 1.89 bits per heavy atom. The minimum Gasteiger partial charge on any atom is -0.319 e. The minimum absolute atomic E-state index is 0.169. The van der Waals surface area contributed by atoms with E-state index in [1.807, 2.05) is 19.2 Å². The van der Waals surface area contributed by atoms with Gasteiger partial charge < -0.3 is 10.2 Å². The molecule has 0 aliphatic rings. The summed E-state index contributed by atoms with van der Waals surface area (Å²) < 4.78 is 12.9. The van der Waals surface area contributed by atoms with Crippen LogP contribution >= 0.6 is 0 Å². The molecule has 0 fully saturated rings. The third kappa shape index (κ3) is 5.70. The Balaban J connectivity index is 2.56. The lowest BCUT2D eigenvalue weighted by atomic mass is 9.85. The second-order valence-electron chi connectivity index (χ2n) is 5.89. The van der Waals surface area contributed by atoms with Crippen molar-refractivity contribution in [1.82, 2.24) is 10.2 Å². The maximum atomic E-state index is 12.9. The summed E-state index contributed by atoms with van der Waals surface area (Å²) in [5.74, 6) is -0.169. The van der Waals surface area contributed by atoms with Gasteiger partial charge in [0.1, 0.15) is 5.82 Å². The fraction of sp³-hybridized carbons (Fsp3) is 0.625. The molecule has 1 aromatic carbocycles. The predicted octanol–water partition coefficient (Wildman–Crippen LogP) is 3.28. The molecule has 0 aliphatic heterocycles. The van der Waals surface area contributed by atoms with Gasteiger partial charge in [0.25, 0.3) is 0 Å². The van der Waals surface area contributed by atoms with Crippen LogP contribution in [-0.2, 0) is 6.54 Å². The first-order chi connectivity index (χ1) is 8.99. The number of hydrogen-bond donors (Lipinski definition) is 1. The number of halogens is 1. The summed E-state index contributed by atoms with van der Waals surface area (Å²) in [6.07, 6.45) is 2.41. The van der Waals surface area contributed by atoms with Gasteiger partial charge in [-0.2, -0.15) is 0 Å². The van der Waals surface area contributed by atoms with Crippen molar-refractivity contribution in [3.8, 4) is 0 Å². The topological polar surface area (TPSA) is 15.3 Å². The highest BCUT2D eigenvalue weighted by Crippen LogP contribution is 2.24. The molecular formula is C16H27FN2. The van der Waals surface area contributed by atoms with E-state index in [9.17, 15) is 4.39 Å². The highest BCUT2D eigenvalue weighted by atomic mass is 19.1. The molecule has 0 aliphatic carbocycles. The molecule has 0 bridgehead atoms. The fourth-order valence-corrected chi connectivity index (χ4v) is 2.86. The molecule has 1 unspecified atom stereocenters. The molecule has 0 spiro atoms. The Morgan fingerprint density at radius 3 is 2.42 bits per heavy atom. The largest absolute Gasteiger partial charge is 0.319 e. The molecular weight excluding hydrogens is 239 g/mol. The summed E-state index contributed by atoms with van der Waals surface area (Å²) in [4.78, 5) is 2.32. The second kappa shape index (κ2) is 7.61. The van der Waals surface area contributed by atoms with Crippen LogP contribution in [0.5, 0.6) is 0 Å². The van der Waals surface area contributed by atoms with E-state index in [2.05, 4.69) is 31.1 Å². The molecule has 1 rings (SSSR count). The number of hydrogen-bond acceptors (Lipinski definition) is 2. The second-order valence-corrected chi connectivity index (χ2v) is 5.89. The van der Waals surface area contributed by atoms with Gasteiger partial charge in [-0.25, -0.2) is 4.39 Å². The first-order valence-electron chi connectivity index (χ1n) is 7.06. The van der Waals surface area contributed by atoms with Gasteiger partial charge in [0.15, 0.2) is 0 Å². The smallest absolute Gasteiger partial charge is 0.123 e. The van der Waals surface area contributed by atoms with E-state index in [1.165, 1.54) is 25.0 Å². The van der Waals surface area contributed by atoms with Gasteiger partial charge in [0.2, 0.25) is 0 Å². The monoisotopic (exact) mass is 266 g/mol. The lowest BCUT2D eigenvalue weighted by Crippen LogP contribution is -2.39. The van der Waals surface area contributed by atoms with Crippen molar-refractivity contribution in [1.29, 1.82) is 0 Å². The van der Waals surface area contributed by atoms with Gasteiger partial charge in [0, 0.05) is 19.6 Å². The number of nitrogens with zero attached hydrogens (tertiary/aromatic N) is 1. The SMILES string of the molecule is CCCC(C)(CNC)CN(C)Cc1ccc(F)cc1. The molecule has 0 radical (unpaired) electrons. The Kier molecular flexibility index (Phi) is 6.46. The van der Waals surface area contributed by atoms with Crippen molar-refractivity contribution in [3.05, 3.63) is 35.6 Å². The molecule has 0 amide bonds. The van der Waals surface area contributed by atoms with Gasteiger partial charge in [-0.05, 0) is 43.6 Å². The van der Waals surface area contributed by atoms with Crippen molar-refractivity contribution in [2.24, 2.45) is 5.41 Å². The molecule has 0 heterocycles. The first-order valence-corrected chi connectivity index (χ1v) is 7.06. The van der Waals surface area contributed by atoms with Crippen molar-refractivity contribution in [3.63, 3.8) is 0 Å². The number of rotatable bonds is 8. The van der Waals surface area contributed by atoms with Crippen LogP contribution in [-0.4, -0.2) is 32.1 Å². The van der Waals surface area contributed by atoms with Crippen LogP contribution < -0.4 is 5.32 Å². The van der Waals surface area contributed by atoms with E-state index < -0.39 is 0 Å². The zero-order valence-electron chi connectivity index (χ0n) is 12.7. The van der Waals surface area contributed by atoms with Gasteiger partial charge in [-0.15, -0.1) is 0 Å².